The molecule has 0 aromatic carbocycles. The third-order valence-corrected chi connectivity index (χ3v) is 5.33. The summed E-state index contributed by atoms with van der Waals surface area (Å²) in [6.45, 7) is 7.26. The maximum absolute atomic E-state index is 12.7. The molecule has 0 aliphatic heterocycles. The Bertz CT molecular complexity index is 692. The Morgan fingerprint density at radius 1 is 1.00 bits per heavy atom. The van der Waals surface area contributed by atoms with E-state index in [1.165, 1.54) is 21.1 Å². The molecule has 0 unspecified atom stereocenters. The van der Waals surface area contributed by atoms with Gasteiger partial charge >= 0.3 is 17.9 Å². The number of ether oxygens (including phenoxy) is 3. The molecule has 0 radical (unpaired) electrons. The summed E-state index contributed by atoms with van der Waals surface area (Å²) in [5, 5.41) is 0. The highest BCUT2D eigenvalue weighted by atomic mass is 16.5. The van der Waals surface area contributed by atoms with Crippen molar-refractivity contribution in [3.63, 3.8) is 0 Å². The van der Waals surface area contributed by atoms with E-state index >= 15 is 0 Å². The van der Waals surface area contributed by atoms with Gasteiger partial charge in [-0.05, 0) is 44.4 Å². The van der Waals surface area contributed by atoms with Gasteiger partial charge in [0.1, 0.15) is 6.10 Å². The summed E-state index contributed by atoms with van der Waals surface area (Å²) in [6.07, 6.45) is 5.25. The highest BCUT2D eigenvalue weighted by molar-refractivity contribution is 6.04. The van der Waals surface area contributed by atoms with Gasteiger partial charge in [-0.1, -0.05) is 17.7 Å². The standard InChI is InChI=1S/C20H26O6/c1-11(2)12(3)16-10-20(18(22)24-5,19(23)25-6)17-9-14(26-13(4)21)7-8-15(16)17/h7-8,10,14-15,17H,9H2,1-6H3/t14-,15+,17+/m0/s1. The minimum absolute atomic E-state index is 0.157. The molecule has 0 fully saturated rings. The molecule has 0 heterocycles. The van der Waals surface area contributed by atoms with E-state index in [2.05, 4.69) is 0 Å². The molecule has 2 rings (SSSR count). The van der Waals surface area contributed by atoms with Crippen molar-refractivity contribution in [2.75, 3.05) is 14.2 Å². The molecule has 0 bridgehead atoms. The maximum Gasteiger partial charge on any atom is 0.327 e. The summed E-state index contributed by atoms with van der Waals surface area (Å²) in [5.41, 5.74) is 1.47. The van der Waals surface area contributed by atoms with Gasteiger partial charge in [-0.3, -0.25) is 14.4 Å². The summed E-state index contributed by atoms with van der Waals surface area (Å²) in [7, 11) is 2.51. The first-order chi connectivity index (χ1) is 12.2. The number of esters is 3. The largest absolute Gasteiger partial charge is 0.468 e. The fraction of sp³-hybridized carbons (Fsp3) is 0.550. The van der Waals surface area contributed by atoms with Crippen molar-refractivity contribution < 1.29 is 28.6 Å². The number of rotatable bonds is 4. The van der Waals surface area contributed by atoms with E-state index < -0.39 is 35.3 Å². The van der Waals surface area contributed by atoms with Gasteiger partial charge in [0.05, 0.1) is 14.2 Å². The highest BCUT2D eigenvalue weighted by Crippen LogP contribution is 2.54. The van der Waals surface area contributed by atoms with E-state index in [4.69, 9.17) is 14.2 Å². The Hall–Kier alpha value is -2.37. The molecule has 6 nitrogen and oxygen atoms in total. The molecule has 0 aromatic heterocycles. The van der Waals surface area contributed by atoms with Gasteiger partial charge < -0.3 is 14.2 Å². The molecule has 2 aliphatic carbocycles. The molecule has 0 amide bonds. The number of carbonyl (C=O) groups is 3. The van der Waals surface area contributed by atoms with Crippen molar-refractivity contribution in [3.05, 3.63) is 34.9 Å². The lowest BCUT2D eigenvalue weighted by Gasteiger charge is -2.36. The zero-order chi connectivity index (χ0) is 19.6. The first-order valence-electron chi connectivity index (χ1n) is 8.58. The van der Waals surface area contributed by atoms with Crippen LogP contribution in [0.3, 0.4) is 0 Å². The fourth-order valence-electron chi connectivity index (χ4n) is 3.88. The van der Waals surface area contributed by atoms with Crippen molar-refractivity contribution in [1.82, 2.24) is 0 Å². The molecule has 2 aliphatic rings. The molecular weight excluding hydrogens is 336 g/mol. The summed E-state index contributed by atoms with van der Waals surface area (Å²) < 4.78 is 15.3. The van der Waals surface area contributed by atoms with Gasteiger partial charge in [0.2, 0.25) is 0 Å². The zero-order valence-corrected chi connectivity index (χ0v) is 16.1. The second-order valence-electron chi connectivity index (χ2n) is 6.98. The Kier molecular flexibility index (Phi) is 5.74. The van der Waals surface area contributed by atoms with Crippen LogP contribution in [0.1, 0.15) is 34.1 Å². The minimum Gasteiger partial charge on any atom is -0.468 e. The Morgan fingerprint density at radius 3 is 2.04 bits per heavy atom. The lowest BCUT2D eigenvalue weighted by atomic mass is 9.69. The summed E-state index contributed by atoms with van der Waals surface area (Å²) in [4.78, 5) is 36.8. The molecule has 0 aromatic rings. The highest BCUT2D eigenvalue weighted by Gasteiger charge is 2.60. The van der Waals surface area contributed by atoms with E-state index in [9.17, 15) is 14.4 Å². The fourth-order valence-corrected chi connectivity index (χ4v) is 3.88. The summed E-state index contributed by atoms with van der Waals surface area (Å²) in [5.74, 6) is -2.33. The van der Waals surface area contributed by atoms with Crippen LogP contribution in [0.15, 0.2) is 34.9 Å². The predicted octanol–water partition coefficient (Wildman–Crippen LogP) is 2.74. The summed E-state index contributed by atoms with van der Waals surface area (Å²) >= 11 is 0. The Morgan fingerprint density at radius 2 is 1.58 bits per heavy atom. The van der Waals surface area contributed by atoms with Crippen LogP contribution in [0.4, 0.5) is 0 Å². The molecular formula is C20H26O6. The third kappa shape index (κ3) is 3.20. The molecule has 0 spiro atoms. The quantitative estimate of drug-likeness (QED) is 0.331. The maximum atomic E-state index is 12.7. The normalized spacial score (nSPS) is 25.6. The smallest absolute Gasteiger partial charge is 0.327 e. The van der Waals surface area contributed by atoms with E-state index in [1.54, 1.807) is 6.08 Å². The molecule has 0 saturated heterocycles. The monoisotopic (exact) mass is 362 g/mol. The van der Waals surface area contributed by atoms with Gasteiger partial charge in [0.25, 0.3) is 0 Å². The van der Waals surface area contributed by atoms with Crippen LogP contribution in [-0.2, 0) is 28.6 Å². The van der Waals surface area contributed by atoms with Crippen LogP contribution in [-0.4, -0.2) is 38.2 Å². The number of allylic oxidation sites excluding steroid dienone is 4. The average Bonchev–Trinajstić information content (AvgIpc) is 2.94. The Labute approximate surface area is 153 Å². The average molecular weight is 362 g/mol. The number of hydrogen-bond donors (Lipinski definition) is 0. The van der Waals surface area contributed by atoms with Gasteiger partial charge in [-0.2, -0.15) is 0 Å². The number of hydrogen-bond acceptors (Lipinski definition) is 6. The van der Waals surface area contributed by atoms with Crippen molar-refractivity contribution >= 4 is 17.9 Å². The molecule has 0 N–H and O–H groups in total. The van der Waals surface area contributed by atoms with Crippen LogP contribution < -0.4 is 0 Å². The van der Waals surface area contributed by atoms with Gasteiger partial charge in [0.15, 0.2) is 5.41 Å². The van der Waals surface area contributed by atoms with Crippen LogP contribution in [0.5, 0.6) is 0 Å². The van der Waals surface area contributed by atoms with Crippen molar-refractivity contribution in [3.8, 4) is 0 Å². The molecule has 0 saturated carbocycles. The third-order valence-electron chi connectivity index (χ3n) is 5.33. The number of fused-ring (bicyclic) bond motifs is 1. The molecule has 142 valence electrons. The lowest BCUT2D eigenvalue weighted by molar-refractivity contribution is -0.170. The topological polar surface area (TPSA) is 78.9 Å². The van der Waals surface area contributed by atoms with Crippen LogP contribution >= 0.6 is 0 Å². The van der Waals surface area contributed by atoms with Gasteiger partial charge in [-0.25, -0.2) is 0 Å². The lowest BCUT2D eigenvalue weighted by Crippen LogP contribution is -2.47. The van der Waals surface area contributed by atoms with Gasteiger partial charge in [0, 0.05) is 18.8 Å². The number of methoxy groups -OCH3 is 2. The Balaban J connectivity index is 2.63. The van der Waals surface area contributed by atoms with Crippen molar-refractivity contribution in [1.29, 1.82) is 0 Å². The van der Waals surface area contributed by atoms with Crippen molar-refractivity contribution in [2.24, 2.45) is 17.3 Å². The van der Waals surface area contributed by atoms with Crippen molar-refractivity contribution in [2.45, 2.75) is 40.2 Å². The van der Waals surface area contributed by atoms with Crippen LogP contribution in [0, 0.1) is 17.3 Å². The first kappa shape index (κ1) is 19.9. The van der Waals surface area contributed by atoms with E-state index in [-0.39, 0.29) is 5.92 Å². The molecule has 26 heavy (non-hydrogen) atoms. The second-order valence-corrected chi connectivity index (χ2v) is 6.98. The zero-order valence-electron chi connectivity index (χ0n) is 16.1. The SMILES string of the molecule is COC(=O)C1(C(=O)OC)C=C(C(C)=C(C)C)[C@H]2C=C[C@H](OC(C)=O)C[C@H]21. The minimum atomic E-state index is -1.55. The molecule has 6 heteroatoms. The predicted molar refractivity (Wildman–Crippen MR) is 94.9 cm³/mol. The van der Waals surface area contributed by atoms with Gasteiger partial charge in [-0.15, -0.1) is 0 Å². The molecule has 3 atom stereocenters. The summed E-state index contributed by atoms with van der Waals surface area (Å²) in [6, 6.07) is 0. The van der Waals surface area contributed by atoms with E-state index in [0.717, 1.165) is 16.7 Å². The first-order valence-corrected chi connectivity index (χ1v) is 8.58. The number of carbonyl (C=O) groups excluding carboxylic acids is 3. The van der Waals surface area contributed by atoms with E-state index in [1.807, 2.05) is 32.9 Å². The van der Waals surface area contributed by atoms with E-state index in [0.29, 0.717) is 6.42 Å². The van der Waals surface area contributed by atoms with Crippen LogP contribution in [0.2, 0.25) is 0 Å². The second kappa shape index (κ2) is 7.48. The van der Waals surface area contributed by atoms with Crippen LogP contribution in [0.25, 0.3) is 0 Å².